The SMILES string of the molecule is Cc1cc(O)c([C@@H]2O[C@H](CO)[C@@H](O)[C@H](O)[C@H]2OC(=O)/C=C/c2ccc(O)cc2)c2oc(C[C@H](C)O)cc(=O)c12. The van der Waals surface area contributed by atoms with Gasteiger partial charge in [-0.05, 0) is 49.2 Å². The minimum atomic E-state index is -1.75. The van der Waals surface area contributed by atoms with E-state index in [1.807, 2.05) is 0 Å². The fourth-order valence-corrected chi connectivity index (χ4v) is 4.62. The first-order valence-corrected chi connectivity index (χ1v) is 12.3. The van der Waals surface area contributed by atoms with Crippen LogP contribution in [0.2, 0.25) is 0 Å². The number of carbonyl (C=O) groups is 1. The van der Waals surface area contributed by atoms with Crippen molar-refractivity contribution in [2.45, 2.75) is 56.9 Å². The van der Waals surface area contributed by atoms with E-state index in [4.69, 9.17) is 13.9 Å². The highest BCUT2D eigenvalue weighted by Crippen LogP contribution is 2.42. The topological polar surface area (TPSA) is 187 Å². The average molecular weight is 543 g/mol. The standard InChI is InChI=1S/C28H30O11/c1-13-9-18(32)23(26-22(13)19(33)11-17(37-26)10-14(2)30)27-28(25(36)24(35)20(12-29)38-27)39-21(34)8-5-15-3-6-16(31)7-4-15/h3-9,11,14,20,24-25,27-32,35-36H,10,12H2,1-2H3/b8-5+/t14-,20+,24+,25-,27-,28+/m0/s1. The van der Waals surface area contributed by atoms with Crippen LogP contribution in [0.5, 0.6) is 11.5 Å². The summed E-state index contributed by atoms with van der Waals surface area (Å²) in [5, 5.41) is 61.5. The first-order valence-electron chi connectivity index (χ1n) is 12.3. The maximum atomic E-state index is 13.0. The first-order chi connectivity index (χ1) is 18.5. The number of rotatable bonds is 7. The van der Waals surface area contributed by atoms with Gasteiger partial charge in [0, 0.05) is 18.6 Å². The van der Waals surface area contributed by atoms with Gasteiger partial charge in [-0.1, -0.05) is 12.1 Å². The highest BCUT2D eigenvalue weighted by Gasteiger charge is 2.48. The predicted molar refractivity (Wildman–Crippen MR) is 138 cm³/mol. The highest BCUT2D eigenvalue weighted by atomic mass is 16.6. The van der Waals surface area contributed by atoms with Crippen LogP contribution in [0.25, 0.3) is 17.0 Å². The molecule has 6 N–H and O–H groups in total. The lowest BCUT2D eigenvalue weighted by atomic mass is 9.89. The molecule has 0 unspecified atom stereocenters. The highest BCUT2D eigenvalue weighted by molar-refractivity contribution is 5.88. The zero-order chi connectivity index (χ0) is 28.4. The van der Waals surface area contributed by atoms with Crippen molar-refractivity contribution >= 4 is 23.0 Å². The van der Waals surface area contributed by atoms with Crippen LogP contribution >= 0.6 is 0 Å². The fourth-order valence-electron chi connectivity index (χ4n) is 4.62. The second-order valence-corrected chi connectivity index (χ2v) is 9.55. The summed E-state index contributed by atoms with van der Waals surface area (Å²) in [6.45, 7) is 2.38. The molecular weight excluding hydrogens is 512 g/mol. The number of phenolic OH excluding ortho intramolecular Hbond substituents is 2. The van der Waals surface area contributed by atoms with Gasteiger partial charge in [0.25, 0.3) is 0 Å². The van der Waals surface area contributed by atoms with Crippen LogP contribution in [-0.4, -0.2) is 73.7 Å². The molecular formula is C28H30O11. The fraction of sp³-hybridized carbons (Fsp3) is 0.357. The average Bonchev–Trinajstić information content (AvgIpc) is 2.86. The third kappa shape index (κ3) is 5.97. The van der Waals surface area contributed by atoms with Crippen molar-refractivity contribution in [1.82, 2.24) is 0 Å². The number of aliphatic hydroxyl groups excluding tert-OH is 4. The van der Waals surface area contributed by atoms with Crippen molar-refractivity contribution in [3.63, 3.8) is 0 Å². The van der Waals surface area contributed by atoms with Crippen LogP contribution in [0.4, 0.5) is 0 Å². The molecule has 2 aromatic carbocycles. The number of hydrogen-bond acceptors (Lipinski definition) is 11. The summed E-state index contributed by atoms with van der Waals surface area (Å²) >= 11 is 0. The number of ether oxygens (including phenoxy) is 2. The van der Waals surface area contributed by atoms with Gasteiger partial charge in [0.2, 0.25) is 0 Å². The van der Waals surface area contributed by atoms with Gasteiger partial charge in [-0.3, -0.25) is 4.79 Å². The van der Waals surface area contributed by atoms with E-state index in [0.29, 0.717) is 11.1 Å². The number of carbonyl (C=O) groups excluding carboxylic acids is 1. The van der Waals surface area contributed by atoms with Gasteiger partial charge >= 0.3 is 5.97 Å². The lowest BCUT2D eigenvalue weighted by Crippen LogP contribution is -2.56. The van der Waals surface area contributed by atoms with Crippen LogP contribution in [0, 0.1) is 6.92 Å². The van der Waals surface area contributed by atoms with Gasteiger partial charge in [-0.2, -0.15) is 0 Å². The van der Waals surface area contributed by atoms with E-state index >= 15 is 0 Å². The first kappa shape index (κ1) is 28.3. The Hall–Kier alpha value is -3.74. The zero-order valence-electron chi connectivity index (χ0n) is 21.2. The van der Waals surface area contributed by atoms with Crippen molar-refractivity contribution < 1.29 is 49.3 Å². The Morgan fingerprint density at radius 3 is 2.46 bits per heavy atom. The van der Waals surface area contributed by atoms with Crippen LogP contribution in [0.3, 0.4) is 0 Å². The molecule has 0 radical (unpaired) electrons. The van der Waals surface area contributed by atoms with Crippen LogP contribution in [0.15, 0.2) is 51.7 Å². The second kappa shape index (κ2) is 11.6. The zero-order valence-corrected chi connectivity index (χ0v) is 21.2. The number of hydrogen-bond donors (Lipinski definition) is 6. The third-order valence-corrected chi connectivity index (χ3v) is 6.47. The van der Waals surface area contributed by atoms with E-state index in [-0.39, 0.29) is 34.5 Å². The molecule has 6 atom stereocenters. The molecule has 0 aliphatic carbocycles. The molecule has 2 heterocycles. The van der Waals surface area contributed by atoms with Gasteiger partial charge in [0.05, 0.1) is 23.7 Å². The molecule has 1 saturated heterocycles. The number of aromatic hydroxyl groups is 2. The smallest absolute Gasteiger partial charge is 0.331 e. The van der Waals surface area contributed by atoms with Gasteiger partial charge in [-0.25, -0.2) is 4.79 Å². The van der Waals surface area contributed by atoms with E-state index < -0.39 is 60.4 Å². The molecule has 0 saturated carbocycles. The van der Waals surface area contributed by atoms with E-state index in [9.17, 15) is 40.2 Å². The van der Waals surface area contributed by atoms with Crippen LogP contribution < -0.4 is 5.43 Å². The predicted octanol–water partition coefficient (Wildman–Crippen LogP) is 1.22. The van der Waals surface area contributed by atoms with Gasteiger partial charge < -0.3 is 44.5 Å². The number of aryl methyl sites for hydroxylation is 1. The maximum Gasteiger partial charge on any atom is 0.331 e. The molecule has 11 heteroatoms. The van der Waals surface area contributed by atoms with Crippen LogP contribution in [-0.2, 0) is 20.7 Å². The summed E-state index contributed by atoms with van der Waals surface area (Å²) in [5.74, 6) is -1.17. The summed E-state index contributed by atoms with van der Waals surface area (Å²) in [5.41, 5.74) is 0.249. The summed E-state index contributed by atoms with van der Waals surface area (Å²) in [7, 11) is 0. The van der Waals surface area contributed by atoms with E-state index in [1.54, 1.807) is 19.1 Å². The Bertz CT molecular complexity index is 1420. The second-order valence-electron chi connectivity index (χ2n) is 9.55. The minimum absolute atomic E-state index is 0.00801. The molecule has 39 heavy (non-hydrogen) atoms. The monoisotopic (exact) mass is 542 g/mol. The molecule has 11 nitrogen and oxygen atoms in total. The molecule has 208 valence electrons. The van der Waals surface area contributed by atoms with E-state index in [0.717, 1.165) is 6.08 Å². The Labute approximate surface area is 222 Å². The normalized spacial score (nSPS) is 24.2. The summed E-state index contributed by atoms with van der Waals surface area (Å²) in [4.78, 5) is 25.7. The molecule has 0 amide bonds. The number of fused-ring (bicyclic) bond motifs is 1. The van der Waals surface area contributed by atoms with Crippen molar-refractivity contribution in [1.29, 1.82) is 0 Å². The molecule has 3 aromatic rings. The lowest BCUT2D eigenvalue weighted by molar-refractivity contribution is -0.239. The molecule has 1 aliphatic rings. The Balaban J connectivity index is 1.79. The Kier molecular flexibility index (Phi) is 8.38. The molecule has 0 bridgehead atoms. The number of esters is 1. The maximum absolute atomic E-state index is 13.0. The van der Waals surface area contributed by atoms with Gasteiger partial charge in [-0.15, -0.1) is 0 Å². The summed E-state index contributed by atoms with van der Waals surface area (Å²) in [6.07, 6.45) is -6.18. The molecule has 1 aromatic heterocycles. The number of aliphatic hydroxyl groups is 4. The molecule has 0 spiro atoms. The van der Waals surface area contributed by atoms with Crippen molar-refractivity contribution in [2.75, 3.05) is 6.61 Å². The van der Waals surface area contributed by atoms with Gasteiger partial charge in [0.1, 0.15) is 47.3 Å². The minimum Gasteiger partial charge on any atom is -0.508 e. The quantitative estimate of drug-likeness (QED) is 0.186. The molecule has 1 fully saturated rings. The van der Waals surface area contributed by atoms with E-state index in [1.165, 1.54) is 37.3 Å². The largest absolute Gasteiger partial charge is 0.508 e. The van der Waals surface area contributed by atoms with Gasteiger partial charge in [0.15, 0.2) is 11.5 Å². The van der Waals surface area contributed by atoms with Crippen molar-refractivity contribution in [3.05, 3.63) is 75.1 Å². The Morgan fingerprint density at radius 2 is 1.82 bits per heavy atom. The van der Waals surface area contributed by atoms with Crippen molar-refractivity contribution in [2.24, 2.45) is 0 Å². The number of benzene rings is 2. The molecule has 1 aliphatic heterocycles. The summed E-state index contributed by atoms with van der Waals surface area (Å²) in [6, 6.07) is 8.48. The van der Waals surface area contributed by atoms with Crippen LogP contribution in [0.1, 0.15) is 35.5 Å². The van der Waals surface area contributed by atoms with Crippen molar-refractivity contribution in [3.8, 4) is 11.5 Å². The number of phenols is 2. The Morgan fingerprint density at radius 1 is 1.13 bits per heavy atom. The third-order valence-electron chi connectivity index (χ3n) is 6.47. The molecule has 4 rings (SSSR count). The van der Waals surface area contributed by atoms with E-state index in [2.05, 4.69) is 0 Å². The lowest BCUT2D eigenvalue weighted by Gasteiger charge is -2.42. The summed E-state index contributed by atoms with van der Waals surface area (Å²) < 4.78 is 17.2.